The monoisotopic (exact) mass is 477 g/mol. The Balaban J connectivity index is 1.14. The fraction of sp³-hybridized carbons (Fsp3) is 0.375. The molecule has 3 atom stereocenters. The van der Waals surface area contributed by atoms with Crippen LogP contribution in [-0.4, -0.2) is 55.3 Å². The number of pyridine rings is 1. The van der Waals surface area contributed by atoms with Crippen molar-refractivity contribution < 1.29 is 28.6 Å². The molecule has 2 aromatic rings. The van der Waals surface area contributed by atoms with Crippen LogP contribution >= 0.6 is 0 Å². The van der Waals surface area contributed by atoms with E-state index in [0.29, 0.717) is 49.5 Å². The second-order valence-corrected chi connectivity index (χ2v) is 8.51. The van der Waals surface area contributed by atoms with Gasteiger partial charge in [-0.2, -0.15) is 5.26 Å². The van der Waals surface area contributed by atoms with Crippen LogP contribution in [0.3, 0.4) is 0 Å². The number of rotatable bonds is 8. The van der Waals surface area contributed by atoms with Crippen LogP contribution in [0.15, 0.2) is 30.3 Å². The van der Waals surface area contributed by atoms with Crippen LogP contribution < -0.4 is 20.3 Å². The Morgan fingerprint density at radius 1 is 1.31 bits per heavy atom. The number of anilines is 2. The van der Waals surface area contributed by atoms with Crippen molar-refractivity contribution in [2.75, 3.05) is 29.9 Å². The number of ether oxygens (including phenoxy) is 3. The lowest BCUT2D eigenvalue weighted by atomic mass is 10.0. The lowest BCUT2D eigenvalue weighted by molar-refractivity contribution is -0.134. The van der Waals surface area contributed by atoms with Crippen LogP contribution in [0, 0.1) is 11.3 Å². The number of aromatic nitrogens is 1. The molecule has 0 spiro atoms. The Labute approximate surface area is 201 Å². The van der Waals surface area contributed by atoms with Crippen molar-refractivity contribution in [1.82, 2.24) is 10.3 Å². The van der Waals surface area contributed by atoms with E-state index in [-0.39, 0.29) is 30.5 Å². The van der Waals surface area contributed by atoms with Crippen molar-refractivity contribution in [3.05, 3.63) is 47.0 Å². The first-order valence-corrected chi connectivity index (χ1v) is 11.3. The molecule has 1 fully saturated rings. The van der Waals surface area contributed by atoms with Crippen LogP contribution in [-0.2, 0) is 25.5 Å². The fourth-order valence-electron chi connectivity index (χ4n) is 4.73. The summed E-state index contributed by atoms with van der Waals surface area (Å²) in [6.07, 6.45) is 0.694. The zero-order valence-electron chi connectivity index (χ0n) is 18.7. The third kappa shape index (κ3) is 4.48. The third-order valence-corrected chi connectivity index (χ3v) is 6.35. The Morgan fingerprint density at radius 3 is 3.03 bits per heavy atom. The molecule has 0 bridgehead atoms. The molecular formula is C24H23N5O6. The number of carbonyl (C=O) groups excluding carboxylic acids is 3. The highest BCUT2D eigenvalue weighted by Gasteiger charge is 2.36. The van der Waals surface area contributed by atoms with Crippen LogP contribution in [0.4, 0.5) is 16.4 Å². The minimum Gasteiger partial charge on any atom is -0.480 e. The number of benzene rings is 1. The summed E-state index contributed by atoms with van der Waals surface area (Å²) in [5, 5.41) is 15.4. The molecule has 0 radical (unpaired) electrons. The van der Waals surface area contributed by atoms with Gasteiger partial charge in [0.05, 0.1) is 24.2 Å². The number of amides is 2. The molecule has 2 aliphatic heterocycles. The molecule has 1 saturated heterocycles. The highest BCUT2D eigenvalue weighted by Crippen LogP contribution is 2.36. The van der Waals surface area contributed by atoms with E-state index in [1.54, 1.807) is 24.3 Å². The molecule has 1 aromatic heterocycles. The fourth-order valence-corrected chi connectivity index (χ4v) is 4.73. The first kappa shape index (κ1) is 22.6. The quantitative estimate of drug-likeness (QED) is 0.430. The number of nitriles is 1. The number of nitrogens with one attached hydrogen (secondary N) is 2. The van der Waals surface area contributed by atoms with Gasteiger partial charge < -0.3 is 24.8 Å². The van der Waals surface area contributed by atoms with Crippen LogP contribution in [0.25, 0.3) is 0 Å². The maximum atomic E-state index is 12.4. The van der Waals surface area contributed by atoms with Crippen molar-refractivity contribution in [3.63, 3.8) is 0 Å². The van der Waals surface area contributed by atoms with Crippen LogP contribution in [0.2, 0.25) is 0 Å². The average Bonchev–Trinajstić information content (AvgIpc) is 3.41. The predicted molar refractivity (Wildman–Crippen MR) is 122 cm³/mol. The third-order valence-electron chi connectivity index (χ3n) is 6.35. The highest BCUT2D eigenvalue weighted by molar-refractivity contribution is 5.95. The molecule has 11 heteroatoms. The van der Waals surface area contributed by atoms with E-state index in [1.807, 2.05) is 6.07 Å². The lowest BCUT2D eigenvalue weighted by Crippen LogP contribution is -2.35. The van der Waals surface area contributed by atoms with Crippen molar-refractivity contribution in [3.8, 4) is 11.8 Å². The first-order valence-electron chi connectivity index (χ1n) is 11.3. The summed E-state index contributed by atoms with van der Waals surface area (Å²) in [7, 11) is 0. The van der Waals surface area contributed by atoms with Gasteiger partial charge in [-0.25, -0.2) is 9.78 Å². The molecule has 5 rings (SSSR count). The average molecular weight is 477 g/mol. The largest absolute Gasteiger partial charge is 0.480 e. The summed E-state index contributed by atoms with van der Waals surface area (Å²) in [6.45, 7) is 1.33. The molecule has 2 amide bonds. The molecule has 3 aliphatic rings. The van der Waals surface area contributed by atoms with E-state index in [2.05, 4.69) is 21.7 Å². The van der Waals surface area contributed by atoms with Crippen LogP contribution in [0.5, 0.6) is 5.75 Å². The number of hydrogen-bond acceptors (Lipinski definition) is 9. The van der Waals surface area contributed by atoms with E-state index in [4.69, 9.17) is 14.2 Å². The Bertz CT molecular complexity index is 1210. The van der Waals surface area contributed by atoms with Crippen molar-refractivity contribution in [2.24, 2.45) is 0 Å². The van der Waals surface area contributed by atoms with E-state index in [1.165, 1.54) is 4.90 Å². The Hall–Kier alpha value is -4.17. The van der Waals surface area contributed by atoms with Gasteiger partial charge in [-0.3, -0.25) is 14.5 Å². The summed E-state index contributed by atoms with van der Waals surface area (Å²) >= 11 is 0. The molecular weight excluding hydrogens is 454 g/mol. The van der Waals surface area contributed by atoms with Gasteiger partial charge in [-0.1, -0.05) is 12.1 Å². The van der Waals surface area contributed by atoms with E-state index in [0.717, 1.165) is 17.5 Å². The summed E-state index contributed by atoms with van der Waals surface area (Å²) in [4.78, 5) is 40.8. The van der Waals surface area contributed by atoms with Crippen molar-refractivity contribution >= 4 is 30.1 Å². The highest BCUT2D eigenvalue weighted by atomic mass is 16.6. The SMILES string of the molecule is N#Cc1cccc2c1CC(NCCCC1CN(c3ccc4c(n3)NC(=O)CO4)C(=O)O1)C2OC=O. The molecule has 2 N–H and O–H groups in total. The summed E-state index contributed by atoms with van der Waals surface area (Å²) < 4.78 is 16.1. The standard InChI is InChI=1S/C24H23N5O6/c25-10-14-3-1-5-16-17(14)9-18(22(16)34-13-30)26-8-2-4-15-11-29(24(32)35-15)20-7-6-19-23(27-20)28-21(31)12-33-19/h1,3,5-7,13,15,18,22,26H,2,4,8-9,11-12H2,(H,27,28,31). The van der Waals surface area contributed by atoms with E-state index in [9.17, 15) is 19.6 Å². The van der Waals surface area contributed by atoms with Gasteiger partial charge in [0, 0.05) is 0 Å². The molecule has 11 nitrogen and oxygen atoms in total. The van der Waals surface area contributed by atoms with Gasteiger partial charge in [0.2, 0.25) is 0 Å². The topological polar surface area (TPSA) is 143 Å². The number of cyclic esters (lactones) is 1. The summed E-state index contributed by atoms with van der Waals surface area (Å²) in [6, 6.07) is 10.8. The normalized spacial score (nSPS) is 22.4. The van der Waals surface area contributed by atoms with Gasteiger partial charge >= 0.3 is 6.09 Å². The van der Waals surface area contributed by atoms with Gasteiger partial charge in [-0.05, 0) is 55.1 Å². The molecule has 0 saturated carbocycles. The van der Waals surface area contributed by atoms with Gasteiger partial charge in [-0.15, -0.1) is 0 Å². The minimum atomic E-state index is -0.492. The molecule has 35 heavy (non-hydrogen) atoms. The van der Waals surface area contributed by atoms with E-state index >= 15 is 0 Å². The maximum Gasteiger partial charge on any atom is 0.415 e. The molecule has 3 heterocycles. The first-order chi connectivity index (χ1) is 17.1. The molecule has 1 aromatic carbocycles. The Kier molecular flexibility index (Phi) is 6.20. The van der Waals surface area contributed by atoms with Crippen LogP contribution in [0.1, 0.15) is 35.6 Å². The molecule has 1 aliphatic carbocycles. The predicted octanol–water partition coefficient (Wildman–Crippen LogP) is 1.82. The van der Waals surface area contributed by atoms with Gasteiger partial charge in [0.15, 0.2) is 18.2 Å². The zero-order chi connectivity index (χ0) is 24.4. The lowest BCUT2D eigenvalue weighted by Gasteiger charge is -2.20. The second kappa shape index (κ2) is 9.60. The minimum absolute atomic E-state index is 0.0651. The van der Waals surface area contributed by atoms with Gasteiger partial charge in [0.1, 0.15) is 18.0 Å². The van der Waals surface area contributed by atoms with Gasteiger partial charge in [0.25, 0.3) is 12.4 Å². The molecule has 3 unspecified atom stereocenters. The zero-order valence-corrected chi connectivity index (χ0v) is 18.7. The number of carbonyl (C=O) groups is 3. The van der Waals surface area contributed by atoms with Crippen molar-refractivity contribution in [2.45, 2.75) is 37.5 Å². The Morgan fingerprint density at radius 2 is 2.20 bits per heavy atom. The summed E-state index contributed by atoms with van der Waals surface area (Å²) in [5.41, 5.74) is 2.35. The molecule has 180 valence electrons. The number of fused-ring (bicyclic) bond motifs is 2. The summed E-state index contributed by atoms with van der Waals surface area (Å²) in [5.74, 6) is 0.817. The smallest absolute Gasteiger partial charge is 0.415 e. The number of nitrogens with zero attached hydrogens (tertiary/aromatic N) is 3. The maximum absolute atomic E-state index is 12.4. The number of hydrogen-bond donors (Lipinski definition) is 2. The van der Waals surface area contributed by atoms with E-state index < -0.39 is 12.2 Å². The van der Waals surface area contributed by atoms with Crippen molar-refractivity contribution in [1.29, 1.82) is 5.26 Å². The second-order valence-electron chi connectivity index (χ2n) is 8.51.